The molecule has 2 rings (SSSR count). The van der Waals surface area contributed by atoms with E-state index in [9.17, 15) is 9.79 Å². The summed E-state index contributed by atoms with van der Waals surface area (Å²) in [6, 6.07) is 8.17. The third kappa shape index (κ3) is 5.57. The molecule has 0 bridgehead atoms. The quantitative estimate of drug-likeness (QED) is 0.405. The van der Waals surface area contributed by atoms with Crippen LogP contribution >= 0.6 is 17.7 Å². The van der Waals surface area contributed by atoms with Crippen LogP contribution in [0.4, 0.5) is 0 Å². The number of halogens is 1. The summed E-state index contributed by atoms with van der Waals surface area (Å²) < 4.78 is 0. The first-order valence-electron chi connectivity index (χ1n) is 12.3. The van der Waals surface area contributed by atoms with Crippen molar-refractivity contribution in [3.8, 4) is 0 Å². The van der Waals surface area contributed by atoms with Crippen LogP contribution in [-0.4, -0.2) is 9.79 Å². The first-order chi connectivity index (χ1) is 14.8. The Balaban J connectivity index is 3.09. The van der Waals surface area contributed by atoms with E-state index in [2.05, 4.69) is 95.2 Å². The van der Waals surface area contributed by atoms with Crippen LogP contribution in [-0.2, 0) is 21.7 Å². The Morgan fingerprint density at radius 1 is 0.500 bits per heavy atom. The molecule has 2 aromatic carbocycles. The molecule has 4 heteroatoms. The summed E-state index contributed by atoms with van der Waals surface area (Å²) in [6.45, 7) is 29.8. The van der Waals surface area contributed by atoms with E-state index in [1.54, 1.807) is 0 Å². The maximum atomic E-state index is 12.3. The Bertz CT molecular complexity index is 1010. The molecule has 34 heavy (non-hydrogen) atoms. The van der Waals surface area contributed by atoms with Crippen LogP contribution in [0, 0.1) is 13.8 Å². The van der Waals surface area contributed by atoms with E-state index in [1.165, 1.54) is 11.1 Å². The molecular weight excluding hydrogens is 459 g/mol. The summed E-state index contributed by atoms with van der Waals surface area (Å²) in [5.41, 5.74) is 5.41. The standard InChI is InChI=1S/C30H48ClO2P/c1-19-15-25(23(29(9,10)11)17-21(19)27(3,4)5)34(31,32,33)26-16-20(2)22(28(6,7)8)18-24(26)30(12,13)14/h15-18,32-33H,1-14H3. The van der Waals surface area contributed by atoms with Gasteiger partial charge in [-0.2, -0.15) is 0 Å². The number of hydrogen-bond acceptors (Lipinski definition) is 2. The second kappa shape index (κ2) is 8.31. The molecule has 0 aliphatic rings. The van der Waals surface area contributed by atoms with Crippen LogP contribution in [0.2, 0.25) is 0 Å². The molecule has 0 aliphatic carbocycles. The van der Waals surface area contributed by atoms with Gasteiger partial charge in [-0.3, -0.25) is 0 Å². The molecule has 0 spiro atoms. The van der Waals surface area contributed by atoms with Crippen molar-refractivity contribution in [2.75, 3.05) is 0 Å². The van der Waals surface area contributed by atoms with Gasteiger partial charge in [-0.05, 0) is 0 Å². The Labute approximate surface area is 214 Å². The van der Waals surface area contributed by atoms with Crippen molar-refractivity contribution in [2.45, 2.75) is 119 Å². The van der Waals surface area contributed by atoms with Gasteiger partial charge in [0.05, 0.1) is 0 Å². The monoisotopic (exact) mass is 506 g/mol. The van der Waals surface area contributed by atoms with E-state index in [-0.39, 0.29) is 21.7 Å². The zero-order valence-electron chi connectivity index (χ0n) is 24.0. The van der Waals surface area contributed by atoms with Crippen LogP contribution in [0.1, 0.15) is 116 Å². The van der Waals surface area contributed by atoms with E-state index in [0.717, 1.165) is 22.3 Å². The van der Waals surface area contributed by atoms with Crippen LogP contribution in [0.15, 0.2) is 24.3 Å². The molecule has 0 amide bonds. The van der Waals surface area contributed by atoms with E-state index in [0.29, 0.717) is 10.6 Å². The first-order valence-corrected chi connectivity index (χ1v) is 15.4. The topological polar surface area (TPSA) is 40.5 Å². The first kappa shape index (κ1) is 29.3. The van der Waals surface area contributed by atoms with Gasteiger partial charge >= 0.3 is 214 Å². The minimum atomic E-state index is -5.03. The van der Waals surface area contributed by atoms with E-state index in [4.69, 9.17) is 11.2 Å². The van der Waals surface area contributed by atoms with Gasteiger partial charge in [-0.25, -0.2) is 0 Å². The number of aryl methyl sites for hydroxylation is 2. The molecule has 0 aliphatic heterocycles. The second-order valence-corrected chi connectivity index (χ2v) is 19.0. The second-order valence-electron chi connectivity index (χ2n) is 14.3. The third-order valence-corrected chi connectivity index (χ3v) is 10.3. The number of hydrogen-bond donors (Lipinski definition) is 2. The molecule has 0 fully saturated rings. The van der Waals surface area contributed by atoms with Gasteiger partial charge in [0, 0.05) is 0 Å². The van der Waals surface area contributed by atoms with Crippen molar-refractivity contribution in [1.29, 1.82) is 0 Å². The van der Waals surface area contributed by atoms with Crippen molar-refractivity contribution in [2.24, 2.45) is 0 Å². The fourth-order valence-electron chi connectivity index (χ4n) is 4.99. The summed E-state index contributed by atoms with van der Waals surface area (Å²) in [6.07, 6.45) is -5.03. The molecule has 2 aromatic rings. The Morgan fingerprint density at radius 3 is 0.941 bits per heavy atom. The van der Waals surface area contributed by atoms with Gasteiger partial charge in [0.15, 0.2) is 0 Å². The average Bonchev–Trinajstić information content (AvgIpc) is 2.56. The predicted octanol–water partition coefficient (Wildman–Crippen LogP) is 7.97. The van der Waals surface area contributed by atoms with E-state index < -0.39 is 6.41 Å². The van der Waals surface area contributed by atoms with E-state index >= 15 is 0 Å². The fraction of sp³-hybridized carbons (Fsp3) is 0.600. The van der Waals surface area contributed by atoms with Crippen molar-refractivity contribution < 1.29 is 9.79 Å². The van der Waals surface area contributed by atoms with Crippen LogP contribution in [0.5, 0.6) is 0 Å². The molecule has 2 N–H and O–H groups in total. The zero-order chi connectivity index (χ0) is 26.9. The molecule has 2 nitrogen and oxygen atoms in total. The molecule has 0 radical (unpaired) electrons. The van der Waals surface area contributed by atoms with Gasteiger partial charge < -0.3 is 0 Å². The molecular formula is C30H48ClO2P. The van der Waals surface area contributed by atoms with E-state index in [1.807, 2.05) is 26.0 Å². The van der Waals surface area contributed by atoms with Crippen LogP contribution < -0.4 is 10.6 Å². The van der Waals surface area contributed by atoms with Gasteiger partial charge in [-0.1, -0.05) is 0 Å². The van der Waals surface area contributed by atoms with Gasteiger partial charge in [0.2, 0.25) is 0 Å². The molecule has 0 heterocycles. The zero-order valence-corrected chi connectivity index (χ0v) is 25.7. The minimum absolute atomic E-state index is 0.0716. The summed E-state index contributed by atoms with van der Waals surface area (Å²) >= 11 is 7.18. The third-order valence-electron chi connectivity index (χ3n) is 6.77. The van der Waals surface area contributed by atoms with Crippen molar-refractivity contribution >= 4 is 28.3 Å². The summed E-state index contributed by atoms with van der Waals surface area (Å²) in [7, 11) is 0. The summed E-state index contributed by atoms with van der Waals surface area (Å²) in [5, 5.41) is 0.915. The molecule has 0 atom stereocenters. The molecule has 0 saturated heterocycles. The fourth-order valence-corrected chi connectivity index (χ4v) is 8.59. The SMILES string of the molecule is Cc1cc(P(O)(O)(Cl)c2cc(C)c(C(C)(C)C)cc2C(C)(C)C)c(C(C)(C)C)cc1C(C)(C)C. The maximum absolute atomic E-state index is 12.3. The van der Waals surface area contributed by atoms with Gasteiger partial charge in [-0.15, -0.1) is 0 Å². The number of benzene rings is 2. The average molecular weight is 507 g/mol. The summed E-state index contributed by atoms with van der Waals surface area (Å²) in [5.74, 6) is 0. The van der Waals surface area contributed by atoms with Gasteiger partial charge in [0.1, 0.15) is 0 Å². The van der Waals surface area contributed by atoms with Crippen LogP contribution in [0.25, 0.3) is 0 Å². The Hall–Kier alpha value is -0.920. The molecule has 0 aromatic heterocycles. The van der Waals surface area contributed by atoms with Crippen molar-refractivity contribution in [3.05, 3.63) is 57.6 Å². The summed E-state index contributed by atoms with van der Waals surface area (Å²) in [4.78, 5) is 24.6. The van der Waals surface area contributed by atoms with Crippen molar-refractivity contribution in [1.82, 2.24) is 0 Å². The molecule has 0 unspecified atom stereocenters. The molecule has 192 valence electrons. The predicted molar refractivity (Wildman–Crippen MR) is 154 cm³/mol. The normalized spacial score (nSPS) is 15.3. The Morgan fingerprint density at radius 2 is 0.735 bits per heavy atom. The van der Waals surface area contributed by atoms with Gasteiger partial charge in [0.25, 0.3) is 0 Å². The molecule has 0 saturated carbocycles. The Kier molecular flexibility index (Phi) is 7.16. The van der Waals surface area contributed by atoms with Crippen LogP contribution in [0.3, 0.4) is 0 Å². The number of rotatable bonds is 2. The van der Waals surface area contributed by atoms with Crippen molar-refractivity contribution in [3.63, 3.8) is 0 Å².